The Balaban J connectivity index is 2.20. The molecule has 25 heavy (non-hydrogen) atoms. The fourth-order valence-corrected chi connectivity index (χ4v) is 2.67. The molecule has 2 amide bonds. The molecule has 0 unspecified atom stereocenters. The molecule has 0 spiro atoms. The first-order valence-electron chi connectivity index (χ1n) is 8.25. The molecule has 1 heterocycles. The van der Waals surface area contributed by atoms with Crippen molar-refractivity contribution in [3.63, 3.8) is 0 Å². The molecule has 0 saturated heterocycles. The van der Waals surface area contributed by atoms with Gasteiger partial charge in [-0.1, -0.05) is 12.1 Å². The van der Waals surface area contributed by atoms with Crippen LogP contribution in [0.2, 0.25) is 0 Å². The van der Waals surface area contributed by atoms with Crippen LogP contribution in [-0.4, -0.2) is 49.2 Å². The zero-order chi connectivity index (χ0) is 18.4. The highest BCUT2D eigenvalue weighted by atomic mass is 16.2. The number of aryl methyl sites for hydroxylation is 1. The van der Waals surface area contributed by atoms with Crippen molar-refractivity contribution < 1.29 is 9.59 Å². The molecule has 1 aliphatic rings. The van der Waals surface area contributed by atoms with Crippen molar-refractivity contribution in [3.05, 3.63) is 41.1 Å². The summed E-state index contributed by atoms with van der Waals surface area (Å²) in [6.45, 7) is 4.59. The zero-order valence-electron chi connectivity index (χ0n) is 14.9. The van der Waals surface area contributed by atoms with E-state index in [-0.39, 0.29) is 24.2 Å². The van der Waals surface area contributed by atoms with Crippen molar-refractivity contribution in [2.45, 2.75) is 20.3 Å². The molecule has 0 radical (unpaired) electrons. The molecule has 0 atom stereocenters. The number of carbonyl (C=O) groups excluding carboxylic acids is 2. The fraction of sp³-hybridized carbons (Fsp3) is 0.389. The maximum absolute atomic E-state index is 11.7. The van der Waals surface area contributed by atoms with Crippen molar-refractivity contribution in [3.8, 4) is 0 Å². The Hall–Kier alpha value is -2.83. The molecular formula is C18H25N5O2. The number of amides is 2. The predicted molar refractivity (Wildman–Crippen MR) is 98.5 cm³/mol. The van der Waals surface area contributed by atoms with Crippen LogP contribution in [0, 0.1) is 12.3 Å². The normalized spacial score (nSPS) is 14.1. The number of rotatable bonds is 5. The monoisotopic (exact) mass is 343 g/mol. The third-order valence-electron chi connectivity index (χ3n) is 4.12. The fourth-order valence-electron chi connectivity index (χ4n) is 2.67. The van der Waals surface area contributed by atoms with Gasteiger partial charge in [0.2, 0.25) is 11.8 Å². The summed E-state index contributed by atoms with van der Waals surface area (Å²) in [5, 5.41) is 17.2. The number of anilines is 1. The van der Waals surface area contributed by atoms with E-state index in [1.54, 1.807) is 11.9 Å². The highest BCUT2D eigenvalue weighted by Crippen LogP contribution is 2.19. The molecule has 2 rings (SSSR count). The average molecular weight is 343 g/mol. The van der Waals surface area contributed by atoms with Gasteiger partial charge in [-0.15, -0.1) is 0 Å². The Bertz CT molecular complexity index is 711. The number of amidine groups is 1. The molecule has 1 aromatic rings. The van der Waals surface area contributed by atoms with Crippen LogP contribution < -0.4 is 16.0 Å². The summed E-state index contributed by atoms with van der Waals surface area (Å²) in [5.74, 6) is 0.0844. The molecule has 134 valence electrons. The maximum Gasteiger partial charge on any atom is 0.239 e. The van der Waals surface area contributed by atoms with Crippen LogP contribution in [0.1, 0.15) is 18.9 Å². The quantitative estimate of drug-likeness (QED) is 0.477. The molecule has 4 N–H and O–H groups in total. The number of hydrogen-bond donors (Lipinski definition) is 4. The van der Waals surface area contributed by atoms with Crippen molar-refractivity contribution in [1.29, 1.82) is 5.41 Å². The molecule has 1 aromatic carbocycles. The van der Waals surface area contributed by atoms with E-state index in [9.17, 15) is 9.59 Å². The topological polar surface area (TPSA) is 97.3 Å². The second kappa shape index (κ2) is 8.32. The van der Waals surface area contributed by atoms with E-state index in [0.29, 0.717) is 25.1 Å². The molecule has 7 heteroatoms. The summed E-state index contributed by atoms with van der Waals surface area (Å²) in [4.78, 5) is 24.9. The van der Waals surface area contributed by atoms with Crippen LogP contribution in [0.25, 0.3) is 0 Å². The molecular weight excluding hydrogens is 318 g/mol. The summed E-state index contributed by atoms with van der Waals surface area (Å²) < 4.78 is 0. The number of nitrogens with one attached hydrogen (secondary N) is 4. The van der Waals surface area contributed by atoms with Gasteiger partial charge < -0.3 is 20.9 Å². The lowest BCUT2D eigenvalue weighted by Crippen LogP contribution is -2.42. The second-order valence-corrected chi connectivity index (χ2v) is 6.04. The zero-order valence-corrected chi connectivity index (χ0v) is 14.9. The van der Waals surface area contributed by atoms with Gasteiger partial charge in [-0.25, -0.2) is 0 Å². The average Bonchev–Trinajstić information content (AvgIpc) is 2.59. The highest BCUT2D eigenvalue weighted by molar-refractivity contribution is 6.07. The van der Waals surface area contributed by atoms with Crippen LogP contribution in [0.3, 0.4) is 0 Å². The number of likely N-dealkylation sites (N-methyl/N-ethyl adjacent to an activating group) is 1. The van der Waals surface area contributed by atoms with E-state index in [2.05, 4.69) is 16.0 Å². The smallest absolute Gasteiger partial charge is 0.239 e. The number of nitrogens with zero attached hydrogens (tertiary/aromatic N) is 1. The predicted octanol–water partition coefficient (Wildman–Crippen LogP) is 1.23. The molecule has 0 fully saturated rings. The Morgan fingerprint density at radius 2 is 2.08 bits per heavy atom. The van der Waals surface area contributed by atoms with Crippen molar-refractivity contribution in [1.82, 2.24) is 15.5 Å². The standard InChI is InChI=1S/C18H25N5O2/c1-12-5-4-6-14(9-12)22-18(19)15-11-23(13(2)24)8-7-16(15)21-10-17(25)20-3/h4-6,9,21H,7-8,10-11H2,1-3H3,(H2,19,22)(H,20,25). The second-order valence-electron chi connectivity index (χ2n) is 6.04. The molecule has 1 aliphatic heterocycles. The van der Waals surface area contributed by atoms with Gasteiger partial charge in [-0.3, -0.25) is 15.0 Å². The largest absolute Gasteiger partial charge is 0.379 e. The van der Waals surface area contributed by atoms with Gasteiger partial charge in [0.25, 0.3) is 0 Å². The lowest BCUT2D eigenvalue weighted by Gasteiger charge is -2.31. The first-order chi connectivity index (χ1) is 11.9. The Morgan fingerprint density at radius 3 is 2.72 bits per heavy atom. The molecule has 7 nitrogen and oxygen atoms in total. The Morgan fingerprint density at radius 1 is 1.32 bits per heavy atom. The summed E-state index contributed by atoms with van der Waals surface area (Å²) in [5.41, 5.74) is 3.44. The third-order valence-corrected chi connectivity index (χ3v) is 4.12. The van der Waals surface area contributed by atoms with Gasteiger partial charge in [-0.05, 0) is 24.6 Å². The van der Waals surface area contributed by atoms with E-state index >= 15 is 0 Å². The summed E-state index contributed by atoms with van der Waals surface area (Å²) in [6, 6.07) is 7.76. The van der Waals surface area contributed by atoms with E-state index in [0.717, 1.165) is 16.9 Å². The lowest BCUT2D eigenvalue weighted by molar-refractivity contribution is -0.128. The minimum atomic E-state index is -0.126. The number of benzene rings is 1. The molecule has 0 aromatic heterocycles. The SMILES string of the molecule is CNC(=O)CNC1=C(C(=N)Nc2cccc(C)c2)CN(C(C)=O)CC1. The summed E-state index contributed by atoms with van der Waals surface area (Å²) in [6.07, 6.45) is 0.587. The van der Waals surface area contributed by atoms with E-state index in [1.165, 1.54) is 6.92 Å². The van der Waals surface area contributed by atoms with Crippen molar-refractivity contribution in [2.24, 2.45) is 0 Å². The van der Waals surface area contributed by atoms with Crippen LogP contribution in [0.5, 0.6) is 0 Å². The van der Waals surface area contributed by atoms with Gasteiger partial charge >= 0.3 is 0 Å². The van der Waals surface area contributed by atoms with Crippen LogP contribution in [0.15, 0.2) is 35.5 Å². The minimum absolute atomic E-state index is 0.0220. The molecule has 0 aliphatic carbocycles. The van der Waals surface area contributed by atoms with E-state index in [1.807, 2.05) is 31.2 Å². The van der Waals surface area contributed by atoms with Crippen molar-refractivity contribution >= 4 is 23.3 Å². The van der Waals surface area contributed by atoms with Gasteiger partial charge in [-0.2, -0.15) is 0 Å². The van der Waals surface area contributed by atoms with Gasteiger partial charge in [0.05, 0.1) is 13.1 Å². The lowest BCUT2D eigenvalue weighted by atomic mass is 10.0. The van der Waals surface area contributed by atoms with E-state index in [4.69, 9.17) is 5.41 Å². The molecule has 0 saturated carbocycles. The summed E-state index contributed by atoms with van der Waals surface area (Å²) >= 11 is 0. The summed E-state index contributed by atoms with van der Waals surface area (Å²) in [7, 11) is 1.58. The number of carbonyl (C=O) groups is 2. The van der Waals surface area contributed by atoms with E-state index < -0.39 is 0 Å². The van der Waals surface area contributed by atoms with Crippen LogP contribution in [0.4, 0.5) is 5.69 Å². The molecule has 0 bridgehead atoms. The Kier molecular flexibility index (Phi) is 6.16. The van der Waals surface area contributed by atoms with Gasteiger partial charge in [0.15, 0.2) is 0 Å². The maximum atomic E-state index is 11.7. The van der Waals surface area contributed by atoms with Crippen molar-refractivity contribution in [2.75, 3.05) is 32.0 Å². The van der Waals surface area contributed by atoms with Crippen LogP contribution >= 0.6 is 0 Å². The Labute approximate surface area is 148 Å². The number of hydrogen-bond acceptors (Lipinski definition) is 4. The van der Waals surface area contributed by atoms with Gasteiger partial charge in [0.1, 0.15) is 5.84 Å². The van der Waals surface area contributed by atoms with Crippen LogP contribution in [-0.2, 0) is 9.59 Å². The minimum Gasteiger partial charge on any atom is -0.379 e. The van der Waals surface area contributed by atoms with Gasteiger partial charge in [0, 0.05) is 43.9 Å². The first-order valence-corrected chi connectivity index (χ1v) is 8.25. The third kappa shape index (κ3) is 5.07. The highest BCUT2D eigenvalue weighted by Gasteiger charge is 2.23. The first kappa shape index (κ1) is 18.5.